The Morgan fingerprint density at radius 3 is 1.38 bits per heavy atom. The predicted molar refractivity (Wildman–Crippen MR) is 97.6 cm³/mol. The highest BCUT2D eigenvalue weighted by Gasteiger charge is 2.31. The molecule has 3 nitrogen and oxygen atoms in total. The standard InChI is InChI=1S/C21H28O3/c1-19(2,22)15-12-16(20(3,4)23)18(14-10-8-7-9-11-14)17(13-15)21(5,6)24/h7-13,22-24H,1-6H3. The van der Waals surface area contributed by atoms with Crippen LogP contribution in [0.25, 0.3) is 11.1 Å². The van der Waals surface area contributed by atoms with Crippen molar-refractivity contribution in [3.63, 3.8) is 0 Å². The highest BCUT2D eigenvalue weighted by atomic mass is 16.3. The van der Waals surface area contributed by atoms with E-state index >= 15 is 0 Å². The lowest BCUT2D eigenvalue weighted by Gasteiger charge is -2.32. The molecular formula is C21H28O3. The monoisotopic (exact) mass is 328 g/mol. The number of aliphatic hydroxyl groups is 3. The predicted octanol–water partition coefficient (Wildman–Crippen LogP) is 4.04. The summed E-state index contributed by atoms with van der Waals surface area (Å²) in [4.78, 5) is 0. The van der Waals surface area contributed by atoms with E-state index in [0.717, 1.165) is 11.1 Å². The molecular weight excluding hydrogens is 300 g/mol. The molecule has 0 bridgehead atoms. The molecule has 0 atom stereocenters. The average molecular weight is 328 g/mol. The Labute approximate surface area is 144 Å². The van der Waals surface area contributed by atoms with Gasteiger partial charge in [0, 0.05) is 0 Å². The number of hydrogen-bond donors (Lipinski definition) is 3. The molecule has 24 heavy (non-hydrogen) atoms. The lowest BCUT2D eigenvalue weighted by atomic mass is 9.78. The SMILES string of the molecule is CC(C)(O)c1cc(C(C)(C)O)c(-c2ccccc2)c(C(C)(C)O)c1. The minimum absolute atomic E-state index is 0.663. The van der Waals surface area contributed by atoms with E-state index < -0.39 is 16.8 Å². The molecule has 3 N–H and O–H groups in total. The lowest BCUT2D eigenvalue weighted by molar-refractivity contribution is 0.0660. The van der Waals surface area contributed by atoms with Crippen LogP contribution in [0.1, 0.15) is 58.2 Å². The van der Waals surface area contributed by atoms with Gasteiger partial charge in [0.15, 0.2) is 0 Å². The van der Waals surface area contributed by atoms with Gasteiger partial charge in [-0.2, -0.15) is 0 Å². The summed E-state index contributed by atoms with van der Waals surface area (Å²) in [6.45, 7) is 10.3. The van der Waals surface area contributed by atoms with Crippen LogP contribution in [0.4, 0.5) is 0 Å². The van der Waals surface area contributed by atoms with E-state index in [1.165, 1.54) is 0 Å². The van der Waals surface area contributed by atoms with Gasteiger partial charge < -0.3 is 15.3 Å². The largest absolute Gasteiger partial charge is 0.386 e. The second-order valence-corrected chi connectivity index (χ2v) is 7.99. The first-order chi connectivity index (χ1) is 10.8. The van der Waals surface area contributed by atoms with Gasteiger partial charge >= 0.3 is 0 Å². The van der Waals surface area contributed by atoms with Gasteiger partial charge in [0.05, 0.1) is 16.8 Å². The fraction of sp³-hybridized carbons (Fsp3) is 0.429. The van der Waals surface area contributed by atoms with E-state index in [4.69, 9.17) is 0 Å². The smallest absolute Gasteiger partial charge is 0.0846 e. The molecule has 2 aromatic rings. The molecule has 0 aromatic heterocycles. The molecule has 130 valence electrons. The Hall–Kier alpha value is -1.68. The van der Waals surface area contributed by atoms with Gasteiger partial charge in [0.2, 0.25) is 0 Å². The third-order valence-corrected chi connectivity index (χ3v) is 4.23. The zero-order valence-corrected chi connectivity index (χ0v) is 15.4. The summed E-state index contributed by atoms with van der Waals surface area (Å²) >= 11 is 0. The Kier molecular flexibility index (Phi) is 4.66. The van der Waals surface area contributed by atoms with Crippen LogP contribution >= 0.6 is 0 Å². The Morgan fingerprint density at radius 1 is 0.625 bits per heavy atom. The summed E-state index contributed by atoms with van der Waals surface area (Å²) in [5.74, 6) is 0. The van der Waals surface area contributed by atoms with Crippen molar-refractivity contribution < 1.29 is 15.3 Å². The van der Waals surface area contributed by atoms with E-state index in [0.29, 0.717) is 16.7 Å². The maximum absolute atomic E-state index is 10.7. The van der Waals surface area contributed by atoms with Crippen LogP contribution in [0.3, 0.4) is 0 Å². The van der Waals surface area contributed by atoms with Gasteiger partial charge in [-0.15, -0.1) is 0 Å². The van der Waals surface area contributed by atoms with Crippen molar-refractivity contribution in [3.05, 3.63) is 59.2 Å². The van der Waals surface area contributed by atoms with Gasteiger partial charge in [-0.3, -0.25) is 0 Å². The first-order valence-corrected chi connectivity index (χ1v) is 8.24. The molecule has 0 aliphatic heterocycles. The molecule has 0 unspecified atom stereocenters. The Morgan fingerprint density at radius 2 is 1.04 bits per heavy atom. The third kappa shape index (κ3) is 3.86. The first kappa shape index (κ1) is 18.7. The number of benzene rings is 2. The fourth-order valence-electron chi connectivity index (χ4n) is 2.88. The molecule has 0 saturated heterocycles. The van der Waals surface area contributed by atoms with Crippen LogP contribution in [-0.2, 0) is 16.8 Å². The summed E-state index contributed by atoms with van der Waals surface area (Å²) in [7, 11) is 0. The molecule has 0 fully saturated rings. The Balaban J connectivity index is 2.94. The zero-order chi connectivity index (χ0) is 18.3. The minimum atomic E-state index is -1.12. The van der Waals surface area contributed by atoms with Crippen LogP contribution in [-0.4, -0.2) is 15.3 Å². The van der Waals surface area contributed by atoms with Crippen molar-refractivity contribution in [2.75, 3.05) is 0 Å². The maximum Gasteiger partial charge on any atom is 0.0846 e. The molecule has 0 radical (unpaired) electrons. The average Bonchev–Trinajstić information content (AvgIpc) is 2.44. The van der Waals surface area contributed by atoms with Gasteiger partial charge in [-0.05, 0) is 81.5 Å². The van der Waals surface area contributed by atoms with Crippen LogP contribution in [0.15, 0.2) is 42.5 Å². The summed E-state index contributed by atoms with van der Waals surface area (Å²) in [5.41, 5.74) is 0.457. The number of hydrogen-bond acceptors (Lipinski definition) is 3. The van der Waals surface area contributed by atoms with Crippen LogP contribution in [0.5, 0.6) is 0 Å². The number of rotatable bonds is 4. The van der Waals surface area contributed by atoms with E-state index in [1.54, 1.807) is 41.5 Å². The van der Waals surface area contributed by atoms with E-state index in [9.17, 15) is 15.3 Å². The summed E-state index contributed by atoms with van der Waals surface area (Å²) in [6.07, 6.45) is 0. The molecule has 0 aliphatic rings. The van der Waals surface area contributed by atoms with Crippen molar-refractivity contribution in [2.24, 2.45) is 0 Å². The molecule has 0 heterocycles. The van der Waals surface area contributed by atoms with Crippen molar-refractivity contribution in [1.82, 2.24) is 0 Å². The molecule has 0 spiro atoms. The summed E-state index contributed by atoms with van der Waals surface area (Å²) in [5, 5.41) is 32.0. The highest BCUT2D eigenvalue weighted by molar-refractivity contribution is 5.74. The highest BCUT2D eigenvalue weighted by Crippen LogP contribution is 2.41. The van der Waals surface area contributed by atoms with E-state index in [2.05, 4.69) is 0 Å². The molecule has 0 amide bonds. The van der Waals surface area contributed by atoms with Crippen LogP contribution < -0.4 is 0 Å². The topological polar surface area (TPSA) is 60.7 Å². The van der Waals surface area contributed by atoms with Gasteiger partial charge in [0.25, 0.3) is 0 Å². The van der Waals surface area contributed by atoms with Crippen molar-refractivity contribution >= 4 is 0 Å². The summed E-state index contributed by atoms with van der Waals surface area (Å²) < 4.78 is 0. The quantitative estimate of drug-likeness (QED) is 0.794. The maximum atomic E-state index is 10.7. The van der Waals surface area contributed by atoms with Gasteiger partial charge in [0.1, 0.15) is 0 Å². The Bertz CT molecular complexity index is 676. The van der Waals surface area contributed by atoms with Crippen molar-refractivity contribution in [2.45, 2.75) is 58.3 Å². The molecule has 0 aliphatic carbocycles. The van der Waals surface area contributed by atoms with Crippen molar-refractivity contribution in [3.8, 4) is 11.1 Å². The normalized spacial score (nSPS) is 13.2. The van der Waals surface area contributed by atoms with Gasteiger partial charge in [-0.25, -0.2) is 0 Å². The van der Waals surface area contributed by atoms with Crippen LogP contribution in [0, 0.1) is 0 Å². The minimum Gasteiger partial charge on any atom is -0.386 e. The second-order valence-electron chi connectivity index (χ2n) is 7.99. The molecule has 3 heteroatoms. The summed E-state index contributed by atoms with van der Waals surface area (Å²) in [6, 6.07) is 13.4. The zero-order valence-electron chi connectivity index (χ0n) is 15.4. The fourth-order valence-corrected chi connectivity index (χ4v) is 2.88. The second kappa shape index (κ2) is 5.99. The molecule has 2 aromatic carbocycles. The third-order valence-electron chi connectivity index (χ3n) is 4.23. The van der Waals surface area contributed by atoms with E-state index in [-0.39, 0.29) is 0 Å². The van der Waals surface area contributed by atoms with Gasteiger partial charge in [-0.1, -0.05) is 30.3 Å². The van der Waals surface area contributed by atoms with Crippen LogP contribution in [0.2, 0.25) is 0 Å². The van der Waals surface area contributed by atoms with E-state index in [1.807, 2.05) is 42.5 Å². The van der Waals surface area contributed by atoms with Crippen molar-refractivity contribution in [1.29, 1.82) is 0 Å². The first-order valence-electron chi connectivity index (χ1n) is 8.24. The lowest BCUT2D eigenvalue weighted by Crippen LogP contribution is -2.26. The molecule has 2 rings (SSSR count). The molecule has 0 saturated carbocycles.